The van der Waals surface area contributed by atoms with Crippen LogP contribution in [0.4, 0.5) is 0 Å². The van der Waals surface area contributed by atoms with E-state index in [0.29, 0.717) is 11.7 Å². The lowest BCUT2D eigenvalue weighted by molar-refractivity contribution is -0.0546. The molecule has 0 atom stereocenters. The minimum Gasteiger partial charge on any atom is -0.361 e. The van der Waals surface area contributed by atoms with Crippen LogP contribution < -0.4 is 16.5 Å². The monoisotopic (exact) mass is 188 g/mol. The second-order valence-corrected chi connectivity index (χ2v) is 2.55. The number of nitrogens with one attached hydrogen (secondary N) is 3. The van der Waals surface area contributed by atoms with Gasteiger partial charge in [0.15, 0.2) is 5.84 Å². The molecule has 1 aliphatic heterocycles. The Labute approximate surface area is 75.0 Å². The molecule has 1 rings (SSSR count). The minimum absolute atomic E-state index is 0.292. The Morgan fingerprint density at radius 3 is 2.69 bits per heavy atom. The smallest absolute Gasteiger partial charge is 0.155 e. The van der Waals surface area contributed by atoms with E-state index in [1.807, 2.05) is 5.48 Å². The third-order valence-electron chi connectivity index (χ3n) is 1.38. The summed E-state index contributed by atoms with van der Waals surface area (Å²) in [4.78, 5) is 1.71. The Bertz CT molecular complexity index is 237. The molecule has 0 aromatic carbocycles. The molecule has 0 aromatic heterocycles. The van der Waals surface area contributed by atoms with Gasteiger partial charge in [0.25, 0.3) is 0 Å². The molecule has 74 valence electrons. The number of hydrogen-bond acceptors (Lipinski definition) is 8. The van der Waals surface area contributed by atoms with E-state index in [9.17, 15) is 0 Å². The maximum Gasteiger partial charge on any atom is 0.155 e. The first-order chi connectivity index (χ1) is 6.17. The molecule has 0 saturated heterocycles. The summed E-state index contributed by atoms with van der Waals surface area (Å²) >= 11 is 0. The van der Waals surface area contributed by atoms with Crippen LogP contribution in [0.25, 0.3) is 0 Å². The fourth-order valence-corrected chi connectivity index (χ4v) is 0.755. The Kier molecular flexibility index (Phi) is 2.90. The molecular formula is C5H12N6O2. The zero-order valence-electron chi connectivity index (χ0n) is 7.31. The second-order valence-electron chi connectivity index (χ2n) is 2.55. The van der Waals surface area contributed by atoms with E-state index >= 15 is 0 Å². The molecule has 0 saturated carbocycles. The predicted octanol–water partition coefficient (Wildman–Crippen LogP) is -1.60. The highest BCUT2D eigenvalue weighted by Gasteiger charge is 2.12. The predicted molar refractivity (Wildman–Crippen MR) is 44.0 cm³/mol. The van der Waals surface area contributed by atoms with E-state index in [2.05, 4.69) is 10.5 Å². The average molecular weight is 188 g/mol. The number of likely N-dealkylation sites (N-methyl/N-ethyl adjacent to an activating group) is 1. The zero-order valence-corrected chi connectivity index (χ0v) is 7.31. The van der Waals surface area contributed by atoms with Gasteiger partial charge < -0.3 is 4.90 Å². The molecule has 0 bridgehead atoms. The third-order valence-corrected chi connectivity index (χ3v) is 1.38. The molecule has 0 aromatic rings. The van der Waals surface area contributed by atoms with Gasteiger partial charge in [0, 0.05) is 20.2 Å². The van der Waals surface area contributed by atoms with E-state index in [1.54, 1.807) is 30.7 Å². The molecule has 13 heavy (non-hydrogen) atoms. The van der Waals surface area contributed by atoms with Crippen molar-refractivity contribution < 1.29 is 10.4 Å². The molecule has 1 heterocycles. The van der Waals surface area contributed by atoms with Gasteiger partial charge >= 0.3 is 0 Å². The molecule has 0 spiro atoms. The van der Waals surface area contributed by atoms with Crippen LogP contribution in [0.3, 0.4) is 0 Å². The first-order valence-electron chi connectivity index (χ1n) is 3.51. The molecular weight excluding hydrogens is 176 g/mol. The summed E-state index contributed by atoms with van der Waals surface area (Å²) < 4.78 is 0. The van der Waals surface area contributed by atoms with Crippen LogP contribution in [0.2, 0.25) is 0 Å². The van der Waals surface area contributed by atoms with Crippen molar-refractivity contribution in [1.82, 2.24) is 26.6 Å². The lowest BCUT2D eigenvalue weighted by atomic mass is 10.4. The van der Waals surface area contributed by atoms with Crippen LogP contribution in [0.1, 0.15) is 0 Å². The lowest BCUT2D eigenvalue weighted by Crippen LogP contribution is -2.49. The van der Waals surface area contributed by atoms with Crippen LogP contribution in [0.15, 0.2) is 17.0 Å². The van der Waals surface area contributed by atoms with Crippen LogP contribution in [-0.4, -0.2) is 40.5 Å². The van der Waals surface area contributed by atoms with Gasteiger partial charge in [-0.05, 0) is 0 Å². The van der Waals surface area contributed by atoms with Crippen LogP contribution >= 0.6 is 0 Å². The zero-order chi connectivity index (χ0) is 9.84. The van der Waals surface area contributed by atoms with Gasteiger partial charge in [0.05, 0.1) is 0 Å². The van der Waals surface area contributed by atoms with E-state index < -0.39 is 0 Å². The van der Waals surface area contributed by atoms with Gasteiger partial charge in [-0.2, -0.15) is 0 Å². The summed E-state index contributed by atoms with van der Waals surface area (Å²) in [5.74, 6) is 0.845. The highest BCUT2D eigenvalue weighted by molar-refractivity contribution is 5.93. The number of nitrogens with zero attached hydrogens (tertiary/aromatic N) is 3. The molecule has 0 fully saturated rings. The molecule has 8 heteroatoms. The van der Waals surface area contributed by atoms with E-state index in [-0.39, 0.29) is 0 Å². The maximum atomic E-state index is 8.61. The molecule has 5 N–H and O–H groups in total. The second kappa shape index (κ2) is 3.94. The standard InChI is InChI=1S/C5H12N6O2/c1-10(2)5-3-4(8-12)6-11(7-5)9-13/h3,6,8-9,12-13H,1-2H3. The Morgan fingerprint density at radius 2 is 2.23 bits per heavy atom. The van der Waals surface area contributed by atoms with Crippen molar-refractivity contribution in [3.05, 3.63) is 11.9 Å². The van der Waals surface area contributed by atoms with Gasteiger partial charge in [-0.25, -0.2) is 5.43 Å². The normalized spacial score (nSPS) is 15.8. The van der Waals surface area contributed by atoms with Crippen molar-refractivity contribution in [3.8, 4) is 0 Å². The number of hydrogen-bond donors (Lipinski definition) is 5. The minimum atomic E-state index is 0.292. The van der Waals surface area contributed by atoms with Crippen molar-refractivity contribution in [2.45, 2.75) is 0 Å². The summed E-state index contributed by atoms with van der Waals surface area (Å²) in [6, 6.07) is 0. The number of amidine groups is 1. The molecule has 0 unspecified atom stereocenters. The van der Waals surface area contributed by atoms with Crippen molar-refractivity contribution in [2.24, 2.45) is 5.10 Å². The largest absolute Gasteiger partial charge is 0.361 e. The lowest BCUT2D eigenvalue weighted by Gasteiger charge is -2.26. The summed E-state index contributed by atoms with van der Waals surface area (Å²) in [5.41, 5.74) is 6.17. The summed E-state index contributed by atoms with van der Waals surface area (Å²) in [6.07, 6.45) is 1.56. The topological polar surface area (TPSA) is 95.4 Å². The molecule has 0 aliphatic carbocycles. The number of hydrazine groups is 2. The molecule has 1 aliphatic rings. The molecule has 0 radical (unpaired) electrons. The summed E-state index contributed by atoms with van der Waals surface area (Å²) in [7, 11) is 3.57. The first kappa shape index (κ1) is 9.58. The fourth-order valence-electron chi connectivity index (χ4n) is 0.755. The summed E-state index contributed by atoms with van der Waals surface area (Å²) in [5, 5.41) is 22.0. The first-order valence-corrected chi connectivity index (χ1v) is 3.51. The van der Waals surface area contributed by atoms with Crippen LogP contribution in [-0.2, 0) is 0 Å². The van der Waals surface area contributed by atoms with Gasteiger partial charge in [-0.15, -0.1) is 10.3 Å². The number of hydrazone groups is 1. The van der Waals surface area contributed by atoms with Gasteiger partial charge in [-0.3, -0.25) is 15.9 Å². The quantitative estimate of drug-likeness (QED) is 0.333. The SMILES string of the molecule is CN(C)C1=NN(NO)NC(NO)=C1. The summed E-state index contributed by atoms with van der Waals surface area (Å²) in [6.45, 7) is 0. The maximum absolute atomic E-state index is 8.61. The Hall–Kier alpha value is -1.51. The van der Waals surface area contributed by atoms with Crippen molar-refractivity contribution in [3.63, 3.8) is 0 Å². The van der Waals surface area contributed by atoms with E-state index in [1.165, 1.54) is 0 Å². The van der Waals surface area contributed by atoms with Crippen LogP contribution in [0, 0.1) is 0 Å². The fraction of sp³-hybridized carbons (Fsp3) is 0.400. The molecule has 0 amide bonds. The van der Waals surface area contributed by atoms with Crippen molar-refractivity contribution >= 4 is 5.84 Å². The Balaban J connectivity index is 2.79. The van der Waals surface area contributed by atoms with Gasteiger partial charge in [0.1, 0.15) is 5.82 Å². The van der Waals surface area contributed by atoms with Crippen molar-refractivity contribution in [2.75, 3.05) is 14.1 Å². The average Bonchev–Trinajstić information content (AvgIpc) is 2.16. The Morgan fingerprint density at radius 1 is 1.54 bits per heavy atom. The van der Waals surface area contributed by atoms with Crippen molar-refractivity contribution in [1.29, 1.82) is 0 Å². The van der Waals surface area contributed by atoms with Gasteiger partial charge in [0.2, 0.25) is 0 Å². The highest BCUT2D eigenvalue weighted by Crippen LogP contribution is 1.98. The third kappa shape index (κ3) is 2.21. The van der Waals surface area contributed by atoms with Gasteiger partial charge in [-0.1, -0.05) is 5.59 Å². The van der Waals surface area contributed by atoms with Crippen LogP contribution in [0.5, 0.6) is 0 Å². The number of rotatable bonds is 2. The van der Waals surface area contributed by atoms with E-state index in [0.717, 1.165) is 5.23 Å². The highest BCUT2D eigenvalue weighted by atomic mass is 16.5. The molecule has 8 nitrogen and oxygen atoms in total. The van der Waals surface area contributed by atoms with E-state index in [4.69, 9.17) is 10.4 Å². The number of hydroxylamine groups is 1.